The fourth-order valence-electron chi connectivity index (χ4n) is 3.45. The van der Waals surface area contributed by atoms with Crippen molar-refractivity contribution >= 4 is 61.9 Å². The molecule has 0 unspecified atom stereocenters. The Bertz CT molecular complexity index is 809. The van der Waals surface area contributed by atoms with E-state index in [9.17, 15) is 0 Å². The summed E-state index contributed by atoms with van der Waals surface area (Å²) in [5, 5.41) is 5.89. The zero-order valence-corrected chi connectivity index (χ0v) is 22.0. The average Bonchev–Trinajstić information content (AvgIpc) is 2.79. The molecule has 0 nitrogen and oxygen atoms in total. The standard InChI is InChI=1S/C26H24P2.2ClH.Pd/c1-5-13-23(14-6-1)27(24-15-7-2-8-16-24)21-22-28(25-17-9-3-10-18-25)26-19-11-4-12-20-26;;;/h1-20H,21-22H2;2*1H;. The van der Waals surface area contributed by atoms with Gasteiger partial charge < -0.3 is 0 Å². The monoisotopic (exact) mass is 576 g/mol. The van der Waals surface area contributed by atoms with E-state index < -0.39 is 0 Å². The van der Waals surface area contributed by atoms with Crippen LogP contribution in [0.4, 0.5) is 0 Å². The summed E-state index contributed by atoms with van der Waals surface area (Å²) in [6, 6.07) is 44.2. The summed E-state index contributed by atoms with van der Waals surface area (Å²) in [6.45, 7) is 0. The van der Waals surface area contributed by atoms with Crippen LogP contribution in [0.1, 0.15) is 0 Å². The van der Waals surface area contributed by atoms with Gasteiger partial charge in [-0.2, -0.15) is 0 Å². The van der Waals surface area contributed by atoms with Crippen molar-refractivity contribution in [1.29, 1.82) is 0 Å². The summed E-state index contributed by atoms with van der Waals surface area (Å²) >= 11 is 0. The predicted molar refractivity (Wildman–Crippen MR) is 142 cm³/mol. The molecule has 0 amide bonds. The van der Waals surface area contributed by atoms with E-state index >= 15 is 0 Å². The van der Waals surface area contributed by atoms with Crippen LogP contribution >= 0.6 is 40.7 Å². The molecular weight excluding hydrogens is 552 g/mol. The smallest absolute Gasteiger partial charge is 0 e. The van der Waals surface area contributed by atoms with Crippen LogP contribution in [-0.2, 0) is 20.4 Å². The van der Waals surface area contributed by atoms with Crippen molar-refractivity contribution in [3.8, 4) is 0 Å². The van der Waals surface area contributed by atoms with Gasteiger partial charge in [0.15, 0.2) is 0 Å². The summed E-state index contributed by atoms with van der Waals surface area (Å²) in [5.74, 6) is 0. The van der Waals surface area contributed by atoms with Gasteiger partial charge in [-0.3, -0.25) is 0 Å². The van der Waals surface area contributed by atoms with Gasteiger partial charge in [0.2, 0.25) is 0 Å². The normalized spacial score (nSPS) is 10.0. The molecule has 0 aliphatic carbocycles. The Morgan fingerprint density at radius 3 is 0.742 bits per heavy atom. The van der Waals surface area contributed by atoms with Gasteiger partial charge in [-0.1, -0.05) is 121 Å². The van der Waals surface area contributed by atoms with E-state index in [1.807, 2.05) is 0 Å². The number of rotatable bonds is 7. The molecule has 5 heteroatoms. The third-order valence-electron chi connectivity index (χ3n) is 4.82. The number of hydrogen-bond donors (Lipinski definition) is 0. The molecule has 0 aliphatic heterocycles. The van der Waals surface area contributed by atoms with E-state index in [4.69, 9.17) is 0 Å². The van der Waals surface area contributed by atoms with E-state index in [1.165, 1.54) is 33.5 Å². The van der Waals surface area contributed by atoms with Crippen molar-refractivity contribution < 1.29 is 20.4 Å². The fraction of sp³-hybridized carbons (Fsp3) is 0.0769. The first-order valence-corrected chi connectivity index (χ1v) is 12.7. The van der Waals surface area contributed by atoms with Crippen molar-refractivity contribution in [2.75, 3.05) is 12.3 Å². The van der Waals surface area contributed by atoms with Gasteiger partial charge in [-0.25, -0.2) is 0 Å². The summed E-state index contributed by atoms with van der Waals surface area (Å²) in [5.41, 5.74) is 0. The third kappa shape index (κ3) is 7.81. The van der Waals surface area contributed by atoms with Gasteiger partial charge in [0.1, 0.15) is 0 Å². The molecule has 164 valence electrons. The second kappa shape index (κ2) is 14.9. The van der Waals surface area contributed by atoms with Crippen LogP contribution in [0, 0.1) is 0 Å². The Morgan fingerprint density at radius 1 is 0.355 bits per heavy atom. The summed E-state index contributed by atoms with van der Waals surface area (Å²) < 4.78 is 0. The molecule has 0 atom stereocenters. The van der Waals surface area contributed by atoms with Crippen LogP contribution in [0.25, 0.3) is 0 Å². The van der Waals surface area contributed by atoms with E-state index in [1.54, 1.807) is 0 Å². The Balaban J connectivity index is 0.00000160. The molecule has 0 radical (unpaired) electrons. The molecule has 0 aliphatic rings. The van der Waals surface area contributed by atoms with Gasteiger partial charge in [-0.15, -0.1) is 24.8 Å². The van der Waals surface area contributed by atoms with Gasteiger partial charge in [0.05, 0.1) is 0 Å². The van der Waals surface area contributed by atoms with Crippen molar-refractivity contribution in [1.82, 2.24) is 0 Å². The van der Waals surface area contributed by atoms with E-state index in [0.29, 0.717) is 0 Å². The molecule has 0 spiro atoms. The molecule has 4 aromatic carbocycles. The van der Waals surface area contributed by atoms with Crippen LogP contribution in [0.5, 0.6) is 0 Å². The Labute approximate surface area is 214 Å². The average molecular weight is 578 g/mol. The van der Waals surface area contributed by atoms with Crippen molar-refractivity contribution in [2.45, 2.75) is 0 Å². The number of benzene rings is 4. The maximum Gasteiger partial charge on any atom is 0 e. The molecule has 0 heterocycles. The minimum atomic E-state index is -0.348. The van der Waals surface area contributed by atoms with Gasteiger partial charge >= 0.3 is 0 Å². The van der Waals surface area contributed by atoms with Crippen molar-refractivity contribution in [3.63, 3.8) is 0 Å². The molecule has 0 fully saturated rings. The summed E-state index contributed by atoms with van der Waals surface area (Å²) in [6.07, 6.45) is 2.41. The SMILES string of the molecule is Cl.Cl.[Pd].c1ccc(P(CCP(c2ccccc2)c2ccccc2)c2ccccc2)cc1. The zero-order chi connectivity index (χ0) is 19.0. The summed E-state index contributed by atoms with van der Waals surface area (Å²) in [4.78, 5) is 0. The van der Waals surface area contributed by atoms with E-state index in [-0.39, 0.29) is 61.1 Å². The van der Waals surface area contributed by atoms with Crippen molar-refractivity contribution in [3.05, 3.63) is 121 Å². The zero-order valence-electron chi connectivity index (χ0n) is 17.0. The Kier molecular flexibility index (Phi) is 13.5. The molecule has 0 saturated carbocycles. The quantitative estimate of drug-likeness (QED) is 0.184. The molecule has 0 bridgehead atoms. The molecule has 4 rings (SSSR count). The minimum Gasteiger partial charge on any atom is -0.147 e. The molecule has 0 N–H and O–H groups in total. The second-order valence-electron chi connectivity index (χ2n) is 6.65. The molecule has 31 heavy (non-hydrogen) atoms. The van der Waals surface area contributed by atoms with Crippen LogP contribution in [0.3, 0.4) is 0 Å². The molecule has 0 saturated heterocycles. The first-order valence-electron chi connectivity index (χ1n) is 9.67. The third-order valence-corrected chi connectivity index (χ3v) is 10.2. The first kappa shape index (κ1) is 28.0. The largest absolute Gasteiger partial charge is 0.147 e. The van der Waals surface area contributed by atoms with Crippen LogP contribution in [0.15, 0.2) is 121 Å². The minimum absolute atomic E-state index is 0. The van der Waals surface area contributed by atoms with Crippen molar-refractivity contribution in [2.24, 2.45) is 0 Å². The maximum atomic E-state index is 2.30. The fourth-order valence-corrected chi connectivity index (χ4v) is 8.80. The Morgan fingerprint density at radius 2 is 0.548 bits per heavy atom. The predicted octanol–water partition coefficient (Wildman–Crippen LogP) is 6.09. The topological polar surface area (TPSA) is 0 Å². The molecule has 0 aromatic heterocycles. The molecular formula is C26H26Cl2P2Pd. The van der Waals surface area contributed by atoms with Crippen LogP contribution in [-0.4, -0.2) is 12.3 Å². The van der Waals surface area contributed by atoms with Gasteiger partial charge in [-0.05, 0) is 49.4 Å². The van der Waals surface area contributed by atoms with Crippen LogP contribution in [0.2, 0.25) is 0 Å². The van der Waals surface area contributed by atoms with E-state index in [2.05, 4.69) is 121 Å². The van der Waals surface area contributed by atoms with E-state index in [0.717, 1.165) is 0 Å². The Hall–Kier alpha value is -1.02. The summed E-state index contributed by atoms with van der Waals surface area (Å²) in [7, 11) is -0.696. The second-order valence-corrected chi connectivity index (χ2v) is 11.3. The van der Waals surface area contributed by atoms with Gasteiger partial charge in [0, 0.05) is 20.4 Å². The van der Waals surface area contributed by atoms with Gasteiger partial charge in [0.25, 0.3) is 0 Å². The molecule has 4 aromatic rings. The number of halogens is 2. The first-order chi connectivity index (χ1) is 13.9. The number of hydrogen-bond acceptors (Lipinski definition) is 0. The van der Waals surface area contributed by atoms with Crippen LogP contribution < -0.4 is 21.2 Å². The maximum absolute atomic E-state index is 2.30.